The van der Waals surface area contributed by atoms with Gasteiger partial charge in [-0.1, -0.05) is 6.07 Å². The van der Waals surface area contributed by atoms with E-state index < -0.39 is 0 Å². The predicted molar refractivity (Wildman–Crippen MR) is 62.7 cm³/mol. The van der Waals surface area contributed by atoms with Gasteiger partial charge >= 0.3 is 0 Å². The van der Waals surface area contributed by atoms with Crippen LogP contribution in [0.25, 0.3) is 0 Å². The third-order valence-corrected chi connectivity index (χ3v) is 3.60. The molecule has 0 N–H and O–H groups in total. The van der Waals surface area contributed by atoms with Crippen LogP contribution in [0.2, 0.25) is 0 Å². The Bertz CT molecular complexity index is 381. The molecular formula is C11H14N2O2S. The maximum atomic E-state index is 11.9. The van der Waals surface area contributed by atoms with Crippen molar-refractivity contribution in [2.45, 2.75) is 0 Å². The van der Waals surface area contributed by atoms with Gasteiger partial charge in [-0.25, -0.2) is 0 Å². The number of amides is 1. The summed E-state index contributed by atoms with van der Waals surface area (Å²) < 4.78 is 0. The standard InChI is InChI=1S/C11H14N2O2S/c1-12-4-6-13(7-5-12)11(15)10(14)9-3-2-8-16-9/h2-3,8H,4-7H2,1H3. The largest absolute Gasteiger partial charge is 0.333 e. The van der Waals surface area contributed by atoms with Gasteiger partial charge in [-0.15, -0.1) is 11.3 Å². The molecule has 4 nitrogen and oxygen atoms in total. The number of rotatable bonds is 2. The highest BCUT2D eigenvalue weighted by Gasteiger charge is 2.26. The van der Waals surface area contributed by atoms with Crippen molar-refractivity contribution in [3.63, 3.8) is 0 Å². The number of piperazine rings is 1. The first-order valence-corrected chi connectivity index (χ1v) is 6.12. The number of thiophene rings is 1. The molecule has 2 rings (SSSR count). The summed E-state index contributed by atoms with van der Waals surface area (Å²) in [6.45, 7) is 2.96. The number of Topliss-reactive ketones (excluding diaryl/α,β-unsaturated/α-hetero) is 1. The minimum Gasteiger partial charge on any atom is -0.333 e. The van der Waals surface area contributed by atoms with Crippen molar-refractivity contribution in [3.05, 3.63) is 22.4 Å². The number of hydrogen-bond donors (Lipinski definition) is 0. The molecule has 2 heterocycles. The number of carbonyl (C=O) groups is 2. The predicted octanol–water partition coefficient (Wildman–Crippen LogP) is 0.705. The fourth-order valence-electron chi connectivity index (χ4n) is 1.67. The lowest BCUT2D eigenvalue weighted by Crippen LogP contribution is -2.49. The summed E-state index contributed by atoms with van der Waals surface area (Å²) in [5.41, 5.74) is 0. The molecule has 0 radical (unpaired) electrons. The van der Waals surface area contributed by atoms with E-state index in [4.69, 9.17) is 0 Å². The second-order valence-electron chi connectivity index (χ2n) is 3.90. The Kier molecular flexibility index (Phi) is 3.36. The second kappa shape index (κ2) is 4.76. The lowest BCUT2D eigenvalue weighted by atomic mass is 10.2. The average Bonchev–Trinajstić information content (AvgIpc) is 2.81. The van der Waals surface area contributed by atoms with Crippen molar-refractivity contribution in [2.75, 3.05) is 33.2 Å². The highest BCUT2D eigenvalue weighted by atomic mass is 32.1. The number of nitrogens with zero attached hydrogens (tertiary/aromatic N) is 2. The highest BCUT2D eigenvalue weighted by molar-refractivity contribution is 7.12. The van der Waals surface area contributed by atoms with Crippen LogP contribution in [0.1, 0.15) is 9.67 Å². The topological polar surface area (TPSA) is 40.6 Å². The molecule has 1 aliphatic heterocycles. The average molecular weight is 238 g/mol. The first-order chi connectivity index (χ1) is 7.68. The Labute approximate surface area is 98.5 Å². The van der Waals surface area contributed by atoms with Gasteiger partial charge in [0.15, 0.2) is 0 Å². The van der Waals surface area contributed by atoms with Gasteiger partial charge in [-0.2, -0.15) is 0 Å². The van der Waals surface area contributed by atoms with E-state index >= 15 is 0 Å². The minimum absolute atomic E-state index is 0.365. The molecule has 0 unspecified atom stereocenters. The van der Waals surface area contributed by atoms with Gasteiger partial charge in [0.25, 0.3) is 11.7 Å². The van der Waals surface area contributed by atoms with E-state index in [1.54, 1.807) is 17.0 Å². The summed E-state index contributed by atoms with van der Waals surface area (Å²) in [6.07, 6.45) is 0. The third-order valence-electron chi connectivity index (χ3n) is 2.73. The Morgan fingerprint density at radius 2 is 1.94 bits per heavy atom. The van der Waals surface area contributed by atoms with Crippen LogP contribution in [-0.2, 0) is 4.79 Å². The Balaban J connectivity index is 2.00. The Morgan fingerprint density at radius 1 is 1.25 bits per heavy atom. The van der Waals surface area contributed by atoms with Crippen LogP contribution in [0.5, 0.6) is 0 Å². The molecule has 0 saturated carbocycles. The van der Waals surface area contributed by atoms with Crippen LogP contribution in [0.3, 0.4) is 0 Å². The van der Waals surface area contributed by atoms with Crippen molar-refractivity contribution < 1.29 is 9.59 Å². The van der Waals surface area contributed by atoms with Crippen molar-refractivity contribution in [1.82, 2.24) is 9.80 Å². The third kappa shape index (κ3) is 2.31. The quantitative estimate of drug-likeness (QED) is 0.562. The first-order valence-electron chi connectivity index (χ1n) is 5.24. The lowest BCUT2D eigenvalue weighted by molar-refractivity contribution is -0.127. The van der Waals surface area contributed by atoms with Crippen molar-refractivity contribution in [2.24, 2.45) is 0 Å². The van der Waals surface area contributed by atoms with Crippen molar-refractivity contribution in [1.29, 1.82) is 0 Å². The van der Waals surface area contributed by atoms with Gasteiger partial charge in [0, 0.05) is 26.2 Å². The van der Waals surface area contributed by atoms with Crippen LogP contribution in [0.15, 0.2) is 17.5 Å². The summed E-state index contributed by atoms with van der Waals surface area (Å²) in [7, 11) is 2.02. The van der Waals surface area contributed by atoms with E-state index in [9.17, 15) is 9.59 Å². The summed E-state index contributed by atoms with van der Waals surface area (Å²) in [5.74, 6) is -0.741. The molecule has 1 fully saturated rings. The molecule has 0 aliphatic carbocycles. The fourth-order valence-corrected chi connectivity index (χ4v) is 2.32. The van der Waals surface area contributed by atoms with Crippen molar-refractivity contribution in [3.8, 4) is 0 Å². The zero-order valence-corrected chi connectivity index (χ0v) is 10.00. The van der Waals surface area contributed by atoms with Gasteiger partial charge in [0.2, 0.25) is 0 Å². The molecule has 1 saturated heterocycles. The van der Waals surface area contributed by atoms with E-state index in [0.717, 1.165) is 13.1 Å². The van der Waals surface area contributed by atoms with E-state index in [-0.39, 0.29) is 11.7 Å². The maximum absolute atomic E-state index is 11.9. The molecule has 5 heteroatoms. The summed E-state index contributed by atoms with van der Waals surface area (Å²) >= 11 is 1.32. The fraction of sp³-hybridized carbons (Fsp3) is 0.455. The molecule has 0 bridgehead atoms. The molecule has 1 aromatic rings. The van der Waals surface area contributed by atoms with Gasteiger partial charge in [0.05, 0.1) is 4.88 Å². The molecule has 16 heavy (non-hydrogen) atoms. The van der Waals surface area contributed by atoms with Crippen LogP contribution in [-0.4, -0.2) is 54.7 Å². The maximum Gasteiger partial charge on any atom is 0.295 e. The zero-order valence-electron chi connectivity index (χ0n) is 9.18. The zero-order chi connectivity index (χ0) is 11.5. The number of likely N-dealkylation sites (N-methyl/N-ethyl adjacent to an activating group) is 1. The van der Waals surface area contributed by atoms with Gasteiger partial charge in [-0.3, -0.25) is 9.59 Å². The number of hydrogen-bond acceptors (Lipinski definition) is 4. The van der Waals surface area contributed by atoms with Crippen LogP contribution in [0.4, 0.5) is 0 Å². The minimum atomic E-state index is -0.375. The molecule has 1 amide bonds. The van der Waals surface area contributed by atoms with Crippen LogP contribution < -0.4 is 0 Å². The van der Waals surface area contributed by atoms with Crippen molar-refractivity contribution >= 4 is 23.0 Å². The SMILES string of the molecule is CN1CCN(C(=O)C(=O)c2cccs2)CC1. The van der Waals surface area contributed by atoms with Gasteiger partial charge < -0.3 is 9.80 Å². The van der Waals surface area contributed by atoms with E-state index in [1.807, 2.05) is 12.4 Å². The summed E-state index contributed by atoms with van der Waals surface area (Å²) in [5, 5.41) is 1.81. The molecule has 86 valence electrons. The smallest absolute Gasteiger partial charge is 0.295 e. The monoisotopic (exact) mass is 238 g/mol. The Hall–Kier alpha value is -1.20. The van der Waals surface area contributed by atoms with Gasteiger partial charge in [-0.05, 0) is 18.5 Å². The first kappa shape index (κ1) is 11.3. The van der Waals surface area contributed by atoms with Crippen LogP contribution >= 0.6 is 11.3 Å². The summed E-state index contributed by atoms with van der Waals surface area (Å²) in [6, 6.07) is 3.48. The Morgan fingerprint density at radius 3 is 2.50 bits per heavy atom. The molecule has 1 aliphatic rings. The highest BCUT2D eigenvalue weighted by Crippen LogP contribution is 2.11. The van der Waals surface area contributed by atoms with Gasteiger partial charge in [0.1, 0.15) is 0 Å². The normalized spacial score (nSPS) is 17.4. The second-order valence-corrected chi connectivity index (χ2v) is 4.85. The van der Waals surface area contributed by atoms with Crippen LogP contribution in [0, 0.1) is 0 Å². The van der Waals surface area contributed by atoms with E-state index in [0.29, 0.717) is 18.0 Å². The van der Waals surface area contributed by atoms with E-state index in [2.05, 4.69) is 4.90 Å². The van der Waals surface area contributed by atoms with E-state index in [1.165, 1.54) is 11.3 Å². The molecule has 0 spiro atoms. The lowest BCUT2D eigenvalue weighted by Gasteiger charge is -2.31. The number of carbonyl (C=O) groups excluding carboxylic acids is 2. The molecule has 1 aromatic heterocycles. The number of ketones is 1. The molecular weight excluding hydrogens is 224 g/mol. The molecule has 0 aromatic carbocycles. The molecule has 0 atom stereocenters. The summed E-state index contributed by atoms with van der Waals surface area (Å²) in [4.78, 5) is 28.0.